The highest BCUT2D eigenvalue weighted by molar-refractivity contribution is 7.80. The van der Waals surface area contributed by atoms with Crippen LogP contribution in [0.25, 0.3) is 33.4 Å². The number of likely N-dealkylation sites (tertiary alicyclic amines) is 1. The zero-order valence-electron chi connectivity index (χ0n) is 35.2. The number of carboxylic acids is 1. The number of anilines is 2. The molecule has 14 heteroatoms. The minimum Gasteiger partial charge on any atom is -0.508 e. The zero-order chi connectivity index (χ0) is 44.5. The summed E-state index contributed by atoms with van der Waals surface area (Å²) in [6.07, 6.45) is 2.39. The maximum absolute atomic E-state index is 13.6. The highest BCUT2D eigenvalue weighted by Gasteiger charge is 2.27. The summed E-state index contributed by atoms with van der Waals surface area (Å²) in [5, 5.41) is 28.5. The van der Waals surface area contributed by atoms with Crippen LogP contribution >= 0.6 is 35.4 Å². The van der Waals surface area contributed by atoms with Crippen LogP contribution in [0, 0.1) is 0 Å². The van der Waals surface area contributed by atoms with Crippen LogP contribution in [-0.2, 0) is 11.2 Å². The first-order chi connectivity index (χ1) is 29.8. The molecule has 1 atom stereocenters. The largest absolute Gasteiger partial charge is 0.508 e. The molecule has 0 saturated carbocycles. The van der Waals surface area contributed by atoms with E-state index in [1.54, 1.807) is 47.4 Å². The van der Waals surface area contributed by atoms with Crippen LogP contribution in [0.5, 0.6) is 5.75 Å². The predicted molar refractivity (Wildman–Crippen MR) is 254 cm³/mol. The SMILES string of the molecule is CCN(CC)CC.CN(C(=O)Cc1ccc(Cl)c(Cl)c1)C(CN1CCCC1)c1cccc(NC(=S)Nc2ccc(-c3c4ccc(=O)cc-4oc4cc(O)ccc34)c(C(=O)O)c2)c1. The number of likely N-dealkylation sites (N-methyl/N-ethyl adjacent to an activating group) is 1. The number of carbonyl (C=O) groups is 2. The van der Waals surface area contributed by atoms with Gasteiger partial charge in [0.15, 0.2) is 10.5 Å². The Hall–Kier alpha value is -5.50. The minimum absolute atomic E-state index is 0.0128. The van der Waals surface area contributed by atoms with E-state index in [-0.39, 0.29) is 46.0 Å². The molecule has 4 aromatic carbocycles. The van der Waals surface area contributed by atoms with Crippen molar-refractivity contribution in [2.75, 3.05) is 56.9 Å². The molecule has 4 aromatic rings. The van der Waals surface area contributed by atoms with E-state index < -0.39 is 5.97 Å². The van der Waals surface area contributed by atoms with Gasteiger partial charge in [0.05, 0.1) is 28.1 Å². The molecule has 11 nitrogen and oxygen atoms in total. The van der Waals surface area contributed by atoms with Crippen LogP contribution in [-0.4, -0.2) is 88.2 Å². The van der Waals surface area contributed by atoms with Gasteiger partial charge in [0.1, 0.15) is 17.1 Å². The van der Waals surface area contributed by atoms with Crippen molar-refractivity contribution >= 4 is 74.8 Å². The first-order valence-electron chi connectivity index (χ1n) is 20.7. The third kappa shape index (κ3) is 11.3. The summed E-state index contributed by atoms with van der Waals surface area (Å²) < 4.78 is 5.94. The van der Waals surface area contributed by atoms with E-state index in [1.807, 2.05) is 31.3 Å². The zero-order valence-corrected chi connectivity index (χ0v) is 37.5. The quantitative estimate of drug-likeness (QED) is 0.0651. The molecule has 4 N–H and O–H groups in total. The molecule has 324 valence electrons. The lowest BCUT2D eigenvalue weighted by atomic mass is 9.90. The van der Waals surface area contributed by atoms with Crippen molar-refractivity contribution in [1.29, 1.82) is 0 Å². The molecule has 0 spiro atoms. The molecule has 3 aliphatic rings. The number of carboxylic acid groups (broad SMARTS) is 1. The third-order valence-electron chi connectivity index (χ3n) is 11.2. The van der Waals surface area contributed by atoms with E-state index in [4.69, 9.17) is 39.8 Å². The van der Waals surface area contributed by atoms with E-state index >= 15 is 0 Å². The fraction of sp³-hybridized carbons (Fsp3) is 0.292. The lowest BCUT2D eigenvalue weighted by molar-refractivity contribution is -0.131. The fourth-order valence-electron chi connectivity index (χ4n) is 7.74. The summed E-state index contributed by atoms with van der Waals surface area (Å²) in [4.78, 5) is 45.1. The number of thiocarbonyl (C=S) groups is 1. The van der Waals surface area contributed by atoms with E-state index in [9.17, 15) is 24.6 Å². The number of carbonyl (C=O) groups excluding carboxylic acids is 1. The van der Waals surface area contributed by atoms with Crippen LogP contribution in [0.4, 0.5) is 11.4 Å². The summed E-state index contributed by atoms with van der Waals surface area (Å²) in [6, 6.07) is 26.5. The number of phenolic OH excluding ortho intramolecular Hbond substituents is 1. The molecule has 62 heavy (non-hydrogen) atoms. The van der Waals surface area contributed by atoms with Gasteiger partial charge in [0, 0.05) is 53.6 Å². The Morgan fingerprint density at radius 3 is 2.19 bits per heavy atom. The lowest BCUT2D eigenvalue weighted by Crippen LogP contribution is -2.39. The number of hydrogen-bond acceptors (Lipinski definition) is 8. The van der Waals surface area contributed by atoms with Crippen LogP contribution in [0.3, 0.4) is 0 Å². The van der Waals surface area contributed by atoms with Gasteiger partial charge in [0.25, 0.3) is 0 Å². The van der Waals surface area contributed by atoms with Gasteiger partial charge in [0.2, 0.25) is 5.91 Å². The molecule has 0 aromatic heterocycles. The molecule has 2 heterocycles. The van der Waals surface area contributed by atoms with Gasteiger partial charge in [-0.25, -0.2) is 4.79 Å². The van der Waals surface area contributed by atoms with Crippen LogP contribution in [0.2, 0.25) is 10.0 Å². The Morgan fingerprint density at radius 1 is 0.839 bits per heavy atom. The smallest absolute Gasteiger partial charge is 0.336 e. The number of rotatable bonds is 13. The minimum atomic E-state index is -1.17. The Bertz CT molecular complexity index is 2590. The highest BCUT2D eigenvalue weighted by atomic mass is 35.5. The van der Waals surface area contributed by atoms with Crippen molar-refractivity contribution in [3.05, 3.63) is 134 Å². The molecular weight excluding hydrogens is 846 g/mol. The number of fused-ring (bicyclic) bond motifs is 2. The standard InChI is InChI=1S/C42H36Cl2N4O6S.C6H15N/c1-47(39(51)18-24-7-14-34(43)35(44)17-24)36(23-48-15-2-3-16-48)25-5-4-6-26(19-25)45-42(55)46-27-8-11-30(33(20-27)41(52)53)40-31-12-9-28(49)21-37(31)54-38-22-29(50)10-13-32(38)40;1-4-7(5-2)6-3/h4-14,17,19-22,36,49H,2-3,15-16,18,23H2,1H3,(H,52,53)(H2,45,46,55);4-6H2,1-3H3. The molecule has 0 radical (unpaired) electrons. The molecule has 1 unspecified atom stereocenters. The second-order valence-corrected chi connectivity index (χ2v) is 16.4. The maximum atomic E-state index is 13.6. The van der Waals surface area contributed by atoms with Crippen molar-refractivity contribution < 1.29 is 24.2 Å². The molecule has 1 amide bonds. The van der Waals surface area contributed by atoms with Crippen molar-refractivity contribution in [2.45, 2.75) is 46.1 Å². The predicted octanol–water partition coefficient (Wildman–Crippen LogP) is 10.3. The molecule has 1 aliphatic carbocycles. The summed E-state index contributed by atoms with van der Waals surface area (Å²) in [5.41, 5.74) is 4.31. The topological polar surface area (TPSA) is 139 Å². The van der Waals surface area contributed by atoms with Gasteiger partial charge >= 0.3 is 5.97 Å². The van der Waals surface area contributed by atoms with Gasteiger partial charge in [-0.15, -0.1) is 0 Å². The first-order valence-corrected chi connectivity index (χ1v) is 21.8. The number of hydrogen-bond donors (Lipinski definition) is 4. The number of phenols is 1. The van der Waals surface area contributed by atoms with E-state index in [1.165, 1.54) is 50.0 Å². The molecular formula is C48H51Cl2N5O6S. The molecule has 2 aliphatic heterocycles. The molecule has 7 rings (SSSR count). The van der Waals surface area contributed by atoms with Gasteiger partial charge in [-0.1, -0.05) is 68.2 Å². The second kappa shape index (κ2) is 21.0. The monoisotopic (exact) mass is 895 g/mol. The van der Waals surface area contributed by atoms with Crippen LogP contribution < -0.4 is 16.1 Å². The molecule has 1 saturated heterocycles. The maximum Gasteiger partial charge on any atom is 0.336 e. The van der Waals surface area contributed by atoms with E-state index in [0.29, 0.717) is 55.6 Å². The van der Waals surface area contributed by atoms with Gasteiger partial charge in [-0.05, 0) is 135 Å². The summed E-state index contributed by atoms with van der Waals surface area (Å²) in [7, 11) is 1.82. The number of nitrogens with zero attached hydrogens (tertiary/aromatic N) is 3. The average molecular weight is 897 g/mol. The van der Waals surface area contributed by atoms with Gasteiger partial charge < -0.3 is 40.0 Å². The summed E-state index contributed by atoms with van der Waals surface area (Å²) in [5.74, 6) is -1.01. The van der Waals surface area contributed by atoms with Crippen LogP contribution in [0.15, 0.2) is 106 Å². The van der Waals surface area contributed by atoms with Crippen molar-refractivity contribution in [3.63, 3.8) is 0 Å². The summed E-state index contributed by atoms with van der Waals surface area (Å²) in [6.45, 7) is 12.7. The number of nitrogens with one attached hydrogen (secondary N) is 2. The lowest BCUT2D eigenvalue weighted by Gasteiger charge is -2.32. The Balaban J connectivity index is 0.000000845. The summed E-state index contributed by atoms with van der Waals surface area (Å²) >= 11 is 18.0. The molecule has 1 fully saturated rings. The van der Waals surface area contributed by atoms with Crippen molar-refractivity contribution in [3.8, 4) is 28.2 Å². The third-order valence-corrected chi connectivity index (χ3v) is 12.1. The van der Waals surface area contributed by atoms with Crippen LogP contribution in [0.1, 0.15) is 61.1 Å². The Morgan fingerprint density at radius 2 is 1.53 bits per heavy atom. The average Bonchev–Trinajstić information content (AvgIpc) is 3.77. The van der Waals surface area contributed by atoms with E-state index in [2.05, 4.69) is 41.2 Å². The number of benzene rings is 5. The highest BCUT2D eigenvalue weighted by Crippen LogP contribution is 2.42. The fourth-order valence-corrected chi connectivity index (χ4v) is 8.29. The molecule has 0 bridgehead atoms. The van der Waals surface area contributed by atoms with Gasteiger partial charge in [-0.2, -0.15) is 0 Å². The Kier molecular flexibility index (Phi) is 15.6. The number of halogens is 2. The normalized spacial score (nSPS) is 13.1. The van der Waals surface area contributed by atoms with E-state index in [0.717, 1.165) is 37.1 Å². The number of aromatic hydroxyl groups is 1. The van der Waals surface area contributed by atoms with Crippen molar-refractivity contribution in [1.82, 2.24) is 14.7 Å². The number of aromatic carboxylic acids is 1. The first kappa shape index (κ1) is 46.0. The van der Waals surface area contributed by atoms with Crippen molar-refractivity contribution in [2.24, 2.45) is 0 Å². The second-order valence-electron chi connectivity index (χ2n) is 15.2. The number of amides is 1. The van der Waals surface area contributed by atoms with Gasteiger partial charge in [-0.3, -0.25) is 9.59 Å². The Labute approximate surface area is 377 Å².